The third-order valence-corrected chi connectivity index (χ3v) is 7.54. The zero-order chi connectivity index (χ0) is 21.8. The number of carbonyl (C=O) groups is 1. The van der Waals surface area contributed by atoms with Gasteiger partial charge in [0.25, 0.3) is 5.91 Å². The molecule has 1 saturated heterocycles. The van der Waals surface area contributed by atoms with Gasteiger partial charge in [0.15, 0.2) is 21.4 Å². The van der Waals surface area contributed by atoms with E-state index in [0.717, 1.165) is 18.9 Å². The molecule has 2 fully saturated rings. The van der Waals surface area contributed by atoms with Crippen LogP contribution >= 0.6 is 0 Å². The molecule has 0 unspecified atom stereocenters. The van der Waals surface area contributed by atoms with Crippen LogP contribution in [0.5, 0.6) is 5.75 Å². The molecule has 1 aromatic carbocycles. The van der Waals surface area contributed by atoms with E-state index in [1.165, 1.54) is 18.2 Å². The minimum absolute atomic E-state index is 0.00679. The van der Waals surface area contributed by atoms with E-state index in [0.29, 0.717) is 6.42 Å². The molecule has 2 aromatic rings. The summed E-state index contributed by atoms with van der Waals surface area (Å²) in [5.74, 6) is -3.56. The molecular formula is C20H22F2N2O5S. The first-order valence-corrected chi connectivity index (χ1v) is 11.6. The molecule has 0 radical (unpaired) electrons. The van der Waals surface area contributed by atoms with Crippen molar-refractivity contribution in [3.05, 3.63) is 39.7 Å². The van der Waals surface area contributed by atoms with Crippen LogP contribution in [0.3, 0.4) is 0 Å². The summed E-state index contributed by atoms with van der Waals surface area (Å²) in [6.07, 6.45) is 3.22. The summed E-state index contributed by atoms with van der Waals surface area (Å²) in [5, 5.41) is -0.140. The molecule has 10 heteroatoms. The Morgan fingerprint density at radius 2 is 2.00 bits per heavy atom. The number of fused-ring (bicyclic) bond motifs is 1. The molecule has 1 aliphatic carbocycles. The van der Waals surface area contributed by atoms with E-state index in [1.54, 1.807) is 11.5 Å². The number of benzene rings is 1. The van der Waals surface area contributed by atoms with E-state index in [9.17, 15) is 26.8 Å². The van der Waals surface area contributed by atoms with Gasteiger partial charge in [-0.1, -0.05) is 0 Å². The fourth-order valence-electron chi connectivity index (χ4n) is 4.15. The Hall–Kier alpha value is -2.49. The highest BCUT2D eigenvalue weighted by Crippen LogP contribution is 2.40. The van der Waals surface area contributed by atoms with Crippen molar-refractivity contribution in [2.75, 3.05) is 25.2 Å². The lowest BCUT2D eigenvalue weighted by molar-refractivity contribution is 0.0706. The van der Waals surface area contributed by atoms with Gasteiger partial charge in [0.2, 0.25) is 11.2 Å². The van der Waals surface area contributed by atoms with Gasteiger partial charge < -0.3 is 14.2 Å². The van der Waals surface area contributed by atoms with Crippen LogP contribution in [0, 0.1) is 11.6 Å². The van der Waals surface area contributed by atoms with E-state index < -0.39 is 38.8 Å². The third kappa shape index (κ3) is 3.36. The fraction of sp³-hybridized carbons (Fsp3) is 0.500. The molecule has 4 rings (SSSR count). The number of nitrogens with zero attached hydrogens (tertiary/aromatic N) is 2. The summed E-state index contributed by atoms with van der Waals surface area (Å²) in [6, 6.07) is 0.221. The Balaban J connectivity index is 1.89. The second kappa shape index (κ2) is 7.33. The summed E-state index contributed by atoms with van der Waals surface area (Å²) in [6.45, 7) is 1.93. The standard InChI is InChI=1S/C20H22F2N2O5S/c1-3-23(12-6-7-30(27,28)10-12)20(26)14-9-24(11-4-5-11)17-13(18(14)25)8-15(21)16(22)19(17)29-2/h8-9,11-12H,3-7,10H2,1-2H3/t12-/m1/s1. The van der Waals surface area contributed by atoms with Crippen LogP contribution in [-0.4, -0.2) is 55.0 Å². The van der Waals surface area contributed by atoms with Crippen molar-refractivity contribution in [1.29, 1.82) is 0 Å². The summed E-state index contributed by atoms with van der Waals surface area (Å²) in [4.78, 5) is 27.8. The minimum Gasteiger partial charge on any atom is -0.491 e. The molecule has 7 nitrogen and oxygen atoms in total. The number of aromatic nitrogens is 1. The van der Waals surface area contributed by atoms with Gasteiger partial charge >= 0.3 is 0 Å². The number of sulfone groups is 1. The normalized spacial score (nSPS) is 20.5. The Labute approximate surface area is 172 Å². The maximum absolute atomic E-state index is 14.3. The summed E-state index contributed by atoms with van der Waals surface area (Å²) in [5.41, 5.74) is -0.802. The summed E-state index contributed by atoms with van der Waals surface area (Å²) < 4.78 is 58.8. The Morgan fingerprint density at radius 1 is 1.30 bits per heavy atom. The molecule has 2 aliphatic rings. The van der Waals surface area contributed by atoms with Crippen LogP contribution in [0.15, 0.2) is 17.1 Å². The molecule has 1 aromatic heterocycles. The number of pyridine rings is 1. The Kier molecular flexibility index (Phi) is 5.08. The van der Waals surface area contributed by atoms with Crippen molar-refractivity contribution in [2.45, 2.75) is 38.3 Å². The average Bonchev–Trinajstić information content (AvgIpc) is 3.47. The molecule has 1 saturated carbocycles. The van der Waals surface area contributed by atoms with Crippen LogP contribution in [0.25, 0.3) is 10.9 Å². The molecule has 1 atom stereocenters. The number of hydrogen-bond donors (Lipinski definition) is 0. The molecule has 1 aliphatic heterocycles. The SMILES string of the molecule is CCN(C(=O)c1cn(C2CC2)c2c(OC)c(F)c(F)cc2c1=O)[C@@H]1CCS(=O)(=O)C1. The number of halogens is 2. The zero-order valence-corrected chi connectivity index (χ0v) is 17.5. The highest BCUT2D eigenvalue weighted by Gasteiger charge is 2.36. The van der Waals surface area contributed by atoms with Gasteiger partial charge in [-0.05, 0) is 32.3 Å². The van der Waals surface area contributed by atoms with Crippen LogP contribution in [0.2, 0.25) is 0 Å². The minimum atomic E-state index is -3.23. The smallest absolute Gasteiger partial charge is 0.259 e. The monoisotopic (exact) mass is 440 g/mol. The molecule has 30 heavy (non-hydrogen) atoms. The summed E-state index contributed by atoms with van der Waals surface area (Å²) >= 11 is 0. The molecule has 2 heterocycles. The zero-order valence-electron chi connectivity index (χ0n) is 16.7. The van der Waals surface area contributed by atoms with Crippen molar-refractivity contribution >= 4 is 26.6 Å². The second-order valence-corrected chi connectivity index (χ2v) is 9.99. The number of methoxy groups -OCH3 is 1. The molecule has 0 N–H and O–H groups in total. The summed E-state index contributed by atoms with van der Waals surface area (Å²) in [7, 11) is -2.04. The van der Waals surface area contributed by atoms with Crippen molar-refractivity contribution in [2.24, 2.45) is 0 Å². The first-order valence-electron chi connectivity index (χ1n) is 9.80. The lowest BCUT2D eigenvalue weighted by Crippen LogP contribution is -2.43. The Morgan fingerprint density at radius 3 is 2.53 bits per heavy atom. The largest absolute Gasteiger partial charge is 0.491 e. The fourth-order valence-corrected chi connectivity index (χ4v) is 5.88. The quantitative estimate of drug-likeness (QED) is 0.712. The van der Waals surface area contributed by atoms with Gasteiger partial charge in [0.1, 0.15) is 5.56 Å². The first-order chi connectivity index (χ1) is 14.2. The lowest BCUT2D eigenvalue weighted by Gasteiger charge is -2.27. The van der Waals surface area contributed by atoms with Gasteiger partial charge in [0, 0.05) is 24.8 Å². The number of rotatable bonds is 5. The van der Waals surface area contributed by atoms with Crippen LogP contribution in [0.4, 0.5) is 8.78 Å². The highest BCUT2D eigenvalue weighted by molar-refractivity contribution is 7.91. The average molecular weight is 440 g/mol. The van der Waals surface area contributed by atoms with Gasteiger partial charge in [-0.25, -0.2) is 12.8 Å². The van der Waals surface area contributed by atoms with E-state index in [2.05, 4.69) is 0 Å². The van der Waals surface area contributed by atoms with E-state index >= 15 is 0 Å². The topological polar surface area (TPSA) is 85.7 Å². The molecule has 0 bridgehead atoms. The lowest BCUT2D eigenvalue weighted by atomic mass is 10.1. The number of ether oxygens (including phenoxy) is 1. The maximum atomic E-state index is 14.3. The predicted octanol–water partition coefficient (Wildman–Crippen LogP) is 2.27. The first kappa shape index (κ1) is 20.8. The number of carbonyl (C=O) groups excluding carboxylic acids is 1. The van der Waals surface area contributed by atoms with E-state index in [1.807, 2.05) is 0 Å². The predicted molar refractivity (Wildman–Crippen MR) is 107 cm³/mol. The van der Waals surface area contributed by atoms with Gasteiger partial charge in [-0.3, -0.25) is 9.59 Å². The maximum Gasteiger partial charge on any atom is 0.259 e. The number of hydrogen-bond acceptors (Lipinski definition) is 5. The van der Waals surface area contributed by atoms with Crippen LogP contribution in [0.1, 0.15) is 42.6 Å². The van der Waals surface area contributed by atoms with Crippen LogP contribution in [-0.2, 0) is 9.84 Å². The molecule has 0 spiro atoms. The van der Waals surface area contributed by atoms with Crippen molar-refractivity contribution in [3.8, 4) is 5.75 Å². The third-order valence-electron chi connectivity index (χ3n) is 5.79. The second-order valence-electron chi connectivity index (χ2n) is 7.76. The van der Waals surface area contributed by atoms with Crippen LogP contribution < -0.4 is 10.2 Å². The van der Waals surface area contributed by atoms with E-state index in [-0.39, 0.29) is 46.3 Å². The van der Waals surface area contributed by atoms with Gasteiger partial charge in [-0.2, -0.15) is 4.39 Å². The van der Waals surface area contributed by atoms with Crippen molar-refractivity contribution in [3.63, 3.8) is 0 Å². The molecule has 162 valence electrons. The Bertz CT molecular complexity index is 1200. The van der Waals surface area contributed by atoms with Crippen molar-refractivity contribution in [1.82, 2.24) is 9.47 Å². The molecule has 1 amide bonds. The number of amides is 1. The van der Waals surface area contributed by atoms with Crippen molar-refractivity contribution < 1.29 is 26.7 Å². The molecular weight excluding hydrogens is 418 g/mol. The highest BCUT2D eigenvalue weighted by atomic mass is 32.2. The van der Waals surface area contributed by atoms with Gasteiger partial charge in [0.05, 0.1) is 29.5 Å². The van der Waals surface area contributed by atoms with Gasteiger partial charge in [-0.15, -0.1) is 0 Å². The van der Waals surface area contributed by atoms with E-state index in [4.69, 9.17) is 4.74 Å².